The van der Waals surface area contributed by atoms with Crippen LogP contribution in [0.5, 0.6) is 0 Å². The summed E-state index contributed by atoms with van der Waals surface area (Å²) in [6, 6.07) is 0. The molecule has 0 N–H and O–H groups in total. The van der Waals surface area contributed by atoms with Crippen molar-refractivity contribution in [1.29, 1.82) is 0 Å². The molecule has 0 aromatic rings. The number of esters is 3. The monoisotopic (exact) mass is 809 g/mol. The molecule has 0 aliphatic heterocycles. The lowest BCUT2D eigenvalue weighted by atomic mass is 10.1. The maximum Gasteiger partial charge on any atom is 0.306 e. The first kappa shape index (κ1) is 54.9. The van der Waals surface area contributed by atoms with Gasteiger partial charge >= 0.3 is 17.9 Å². The molecule has 6 nitrogen and oxygen atoms in total. The van der Waals surface area contributed by atoms with Gasteiger partial charge in [0.05, 0.1) is 0 Å². The van der Waals surface area contributed by atoms with Crippen LogP contribution in [0.15, 0.2) is 72.9 Å². The highest BCUT2D eigenvalue weighted by atomic mass is 16.6. The third kappa shape index (κ3) is 44.0. The molecule has 1 atom stereocenters. The average Bonchev–Trinajstić information content (AvgIpc) is 3.22. The van der Waals surface area contributed by atoms with E-state index in [0.717, 1.165) is 70.6 Å². The van der Waals surface area contributed by atoms with Crippen LogP contribution in [0.2, 0.25) is 0 Å². The van der Waals surface area contributed by atoms with Crippen LogP contribution < -0.4 is 0 Å². The zero-order valence-corrected chi connectivity index (χ0v) is 37.8. The number of unbranched alkanes of at least 4 members (excludes halogenated alkanes) is 19. The normalized spacial score (nSPS) is 12.7. The predicted molar refractivity (Wildman–Crippen MR) is 247 cm³/mol. The fourth-order valence-corrected chi connectivity index (χ4v) is 6.37. The maximum absolute atomic E-state index is 12.6. The van der Waals surface area contributed by atoms with E-state index in [2.05, 4.69) is 81.5 Å². The molecule has 58 heavy (non-hydrogen) atoms. The Balaban J connectivity index is 4.27. The van der Waals surface area contributed by atoms with E-state index in [-0.39, 0.29) is 31.6 Å². The van der Waals surface area contributed by atoms with Gasteiger partial charge in [-0.15, -0.1) is 0 Å². The molecule has 0 aliphatic rings. The third-order valence-corrected chi connectivity index (χ3v) is 9.96. The number of carbonyl (C=O) groups excluding carboxylic acids is 3. The van der Waals surface area contributed by atoms with Gasteiger partial charge in [0.25, 0.3) is 0 Å². The number of rotatable bonds is 42. The molecule has 0 fully saturated rings. The van der Waals surface area contributed by atoms with Gasteiger partial charge < -0.3 is 14.2 Å². The standard InChI is InChI=1S/C52H88O6/c1-4-7-10-13-16-18-20-22-23-24-25-26-27-28-29-31-32-34-36-39-42-45-51(54)57-48-49(47-56-50(53)44-41-38-15-12-9-6-3)58-52(55)46-43-40-37-35-33-30-21-19-17-14-11-8-5-2/h8,11,17,19-20,22,24-25,30,33,37,40,49H,4-7,9-10,12-16,18,21,23,26-29,31-32,34-36,38-39,41-48H2,1-3H3/b11-8-,19-17-,22-20-,25-24-,33-30-,40-37-. The number of hydrogen-bond donors (Lipinski definition) is 0. The van der Waals surface area contributed by atoms with Gasteiger partial charge in [-0.1, -0.05) is 196 Å². The number of hydrogen-bond acceptors (Lipinski definition) is 6. The Morgan fingerprint density at radius 1 is 0.362 bits per heavy atom. The molecule has 0 heterocycles. The molecule has 1 unspecified atom stereocenters. The fraction of sp³-hybridized carbons (Fsp3) is 0.712. The first-order chi connectivity index (χ1) is 28.5. The van der Waals surface area contributed by atoms with E-state index >= 15 is 0 Å². The van der Waals surface area contributed by atoms with E-state index < -0.39 is 12.1 Å². The molecule has 0 spiro atoms. The van der Waals surface area contributed by atoms with Crippen LogP contribution in [0.25, 0.3) is 0 Å². The molecule has 332 valence electrons. The molecule has 6 heteroatoms. The molecule has 0 aliphatic carbocycles. The van der Waals surface area contributed by atoms with Crippen LogP contribution in [0.3, 0.4) is 0 Å². The zero-order chi connectivity index (χ0) is 42.3. The van der Waals surface area contributed by atoms with Gasteiger partial charge in [-0.3, -0.25) is 14.4 Å². The molecule has 0 saturated heterocycles. The van der Waals surface area contributed by atoms with Gasteiger partial charge in [0.1, 0.15) is 13.2 Å². The van der Waals surface area contributed by atoms with Crippen molar-refractivity contribution in [3.05, 3.63) is 72.9 Å². The summed E-state index contributed by atoms with van der Waals surface area (Å²) in [5.74, 6) is -1.01. The van der Waals surface area contributed by atoms with Crippen molar-refractivity contribution in [3.63, 3.8) is 0 Å². The zero-order valence-electron chi connectivity index (χ0n) is 37.8. The topological polar surface area (TPSA) is 78.9 Å². The molecule has 0 saturated carbocycles. The van der Waals surface area contributed by atoms with Gasteiger partial charge in [-0.2, -0.15) is 0 Å². The fourth-order valence-electron chi connectivity index (χ4n) is 6.37. The van der Waals surface area contributed by atoms with Gasteiger partial charge in [0, 0.05) is 19.3 Å². The lowest BCUT2D eigenvalue weighted by Gasteiger charge is -2.18. The van der Waals surface area contributed by atoms with Crippen molar-refractivity contribution in [3.8, 4) is 0 Å². The summed E-state index contributed by atoms with van der Waals surface area (Å²) in [6.07, 6.45) is 57.8. The summed E-state index contributed by atoms with van der Waals surface area (Å²) in [6.45, 7) is 6.37. The van der Waals surface area contributed by atoms with Gasteiger partial charge in [0.15, 0.2) is 6.10 Å². The smallest absolute Gasteiger partial charge is 0.306 e. The third-order valence-electron chi connectivity index (χ3n) is 9.96. The Morgan fingerprint density at radius 3 is 1.12 bits per heavy atom. The average molecular weight is 809 g/mol. The minimum Gasteiger partial charge on any atom is -0.462 e. The Labute approximate surface area is 357 Å². The van der Waals surface area contributed by atoms with E-state index in [9.17, 15) is 14.4 Å². The van der Waals surface area contributed by atoms with Crippen molar-refractivity contribution >= 4 is 17.9 Å². The van der Waals surface area contributed by atoms with Crippen molar-refractivity contribution < 1.29 is 28.6 Å². The highest BCUT2D eigenvalue weighted by Crippen LogP contribution is 2.13. The summed E-state index contributed by atoms with van der Waals surface area (Å²) in [5, 5.41) is 0. The second kappa shape index (κ2) is 46.5. The van der Waals surface area contributed by atoms with Crippen LogP contribution in [0, 0.1) is 0 Å². The Hall–Kier alpha value is -3.15. The summed E-state index contributed by atoms with van der Waals surface area (Å²) < 4.78 is 16.6. The molecule has 0 rings (SSSR count). The molecule has 0 aromatic carbocycles. The van der Waals surface area contributed by atoms with Crippen LogP contribution in [0.1, 0.15) is 220 Å². The second-order valence-electron chi connectivity index (χ2n) is 15.6. The maximum atomic E-state index is 12.6. The van der Waals surface area contributed by atoms with Crippen LogP contribution in [0.4, 0.5) is 0 Å². The van der Waals surface area contributed by atoms with E-state index in [1.165, 1.54) is 103 Å². The van der Waals surface area contributed by atoms with E-state index in [1.54, 1.807) is 0 Å². The van der Waals surface area contributed by atoms with E-state index in [1.807, 2.05) is 12.2 Å². The lowest BCUT2D eigenvalue weighted by molar-refractivity contribution is -0.166. The van der Waals surface area contributed by atoms with E-state index in [4.69, 9.17) is 14.2 Å². The summed E-state index contributed by atoms with van der Waals surface area (Å²) in [7, 11) is 0. The largest absolute Gasteiger partial charge is 0.462 e. The summed E-state index contributed by atoms with van der Waals surface area (Å²) in [5.41, 5.74) is 0. The number of carbonyl (C=O) groups is 3. The Bertz CT molecular complexity index is 1110. The minimum atomic E-state index is -0.810. The first-order valence-electron chi connectivity index (χ1n) is 23.9. The van der Waals surface area contributed by atoms with Crippen LogP contribution in [-0.2, 0) is 28.6 Å². The minimum absolute atomic E-state index is 0.106. The quantitative estimate of drug-likeness (QED) is 0.0264. The first-order valence-corrected chi connectivity index (χ1v) is 23.9. The van der Waals surface area contributed by atoms with Crippen LogP contribution >= 0.6 is 0 Å². The number of allylic oxidation sites excluding steroid dienone is 12. The molecule has 0 aromatic heterocycles. The molecule has 0 bridgehead atoms. The highest BCUT2D eigenvalue weighted by molar-refractivity contribution is 5.71. The lowest BCUT2D eigenvalue weighted by Crippen LogP contribution is -2.30. The van der Waals surface area contributed by atoms with Crippen LogP contribution in [-0.4, -0.2) is 37.2 Å². The predicted octanol–water partition coefficient (Wildman–Crippen LogP) is 15.5. The SMILES string of the molecule is CC/C=C\C/C=C\C/C=C\C/C=C\CCC(=O)OC(COC(=O)CCCCCCCC)COC(=O)CCCCCCCCCCC/C=C\C/C=C\CCCCCCC. The molecular formula is C52H88O6. The van der Waals surface area contributed by atoms with Gasteiger partial charge in [-0.05, 0) is 77.0 Å². The highest BCUT2D eigenvalue weighted by Gasteiger charge is 2.19. The van der Waals surface area contributed by atoms with Gasteiger partial charge in [-0.25, -0.2) is 0 Å². The summed E-state index contributed by atoms with van der Waals surface area (Å²) >= 11 is 0. The number of ether oxygens (including phenoxy) is 3. The van der Waals surface area contributed by atoms with Crippen molar-refractivity contribution in [2.45, 2.75) is 226 Å². The molecular weight excluding hydrogens is 721 g/mol. The van der Waals surface area contributed by atoms with Crippen molar-refractivity contribution in [2.24, 2.45) is 0 Å². The Morgan fingerprint density at radius 2 is 0.707 bits per heavy atom. The van der Waals surface area contributed by atoms with Crippen molar-refractivity contribution in [2.75, 3.05) is 13.2 Å². The second-order valence-corrected chi connectivity index (χ2v) is 15.6. The molecule has 0 amide bonds. The van der Waals surface area contributed by atoms with E-state index in [0.29, 0.717) is 19.3 Å². The molecule has 0 radical (unpaired) electrons. The summed E-state index contributed by atoms with van der Waals surface area (Å²) in [4.78, 5) is 37.6. The van der Waals surface area contributed by atoms with Crippen molar-refractivity contribution in [1.82, 2.24) is 0 Å². The Kier molecular flexibility index (Phi) is 44.0. The van der Waals surface area contributed by atoms with Gasteiger partial charge in [0.2, 0.25) is 0 Å².